The third-order valence-electron chi connectivity index (χ3n) is 5.79. The smallest absolute Gasteiger partial charge is 0.311 e. The predicted molar refractivity (Wildman–Crippen MR) is 94.1 cm³/mol. The summed E-state index contributed by atoms with van der Waals surface area (Å²) >= 11 is 0. The second-order valence-corrected chi connectivity index (χ2v) is 7.36. The molecule has 2 fully saturated rings. The molecule has 3 aliphatic rings. The van der Waals surface area contributed by atoms with Crippen molar-refractivity contribution in [2.45, 2.75) is 56.7 Å². The molecule has 7 heteroatoms. The van der Waals surface area contributed by atoms with Gasteiger partial charge >= 0.3 is 5.97 Å². The molecule has 0 saturated carbocycles. The maximum atomic E-state index is 12.5. The largest absolute Gasteiger partial charge is 0.469 e. The van der Waals surface area contributed by atoms with Crippen LogP contribution in [0.1, 0.15) is 44.9 Å². The van der Waals surface area contributed by atoms with Gasteiger partial charge in [-0.2, -0.15) is 10.2 Å². The highest BCUT2D eigenvalue weighted by Gasteiger charge is 2.42. The average Bonchev–Trinajstić information content (AvgIpc) is 3.28. The number of carbonyl (C=O) groups is 2. The van der Waals surface area contributed by atoms with Crippen LogP contribution in [0.4, 0.5) is 0 Å². The van der Waals surface area contributed by atoms with Gasteiger partial charge in [0.25, 0.3) is 0 Å². The number of esters is 1. The SMILES string of the molecule is C#CCCC1(CCC(=O)N2CCC([C@@H]3OCC[C@H]3C(=O)OC)CC2)N=N1. The number of amides is 1. The van der Waals surface area contributed by atoms with Crippen molar-refractivity contribution >= 4 is 11.9 Å². The van der Waals surface area contributed by atoms with Gasteiger partial charge in [0.2, 0.25) is 5.91 Å². The lowest BCUT2D eigenvalue weighted by atomic mass is 9.84. The summed E-state index contributed by atoms with van der Waals surface area (Å²) in [6.45, 7) is 2.03. The van der Waals surface area contributed by atoms with Crippen LogP contribution in [0.5, 0.6) is 0 Å². The summed E-state index contributed by atoms with van der Waals surface area (Å²) in [4.78, 5) is 26.3. The van der Waals surface area contributed by atoms with E-state index in [1.54, 1.807) is 0 Å². The van der Waals surface area contributed by atoms with Crippen molar-refractivity contribution in [3.05, 3.63) is 0 Å². The van der Waals surface area contributed by atoms with E-state index >= 15 is 0 Å². The van der Waals surface area contributed by atoms with E-state index in [0.29, 0.717) is 44.9 Å². The molecule has 2 atom stereocenters. The van der Waals surface area contributed by atoms with Crippen LogP contribution in [0.25, 0.3) is 0 Å². The number of piperidine rings is 1. The Morgan fingerprint density at radius 1 is 1.27 bits per heavy atom. The summed E-state index contributed by atoms with van der Waals surface area (Å²) in [6, 6.07) is 0. The summed E-state index contributed by atoms with van der Waals surface area (Å²) in [7, 11) is 1.42. The molecular formula is C19H27N3O4. The number of nitrogens with zero attached hydrogens (tertiary/aromatic N) is 3. The van der Waals surface area contributed by atoms with Crippen LogP contribution in [0.15, 0.2) is 10.2 Å². The first-order chi connectivity index (χ1) is 12.6. The van der Waals surface area contributed by atoms with Crippen LogP contribution in [0.2, 0.25) is 0 Å². The molecule has 3 rings (SSSR count). The van der Waals surface area contributed by atoms with E-state index in [4.69, 9.17) is 15.9 Å². The number of ether oxygens (including phenoxy) is 2. The Hall–Kier alpha value is -1.94. The summed E-state index contributed by atoms with van der Waals surface area (Å²) in [5.74, 6) is 2.71. The third kappa shape index (κ3) is 4.24. The number of carbonyl (C=O) groups excluding carboxylic acids is 2. The van der Waals surface area contributed by atoms with E-state index in [0.717, 1.165) is 25.7 Å². The quantitative estimate of drug-likeness (QED) is 0.514. The summed E-state index contributed by atoms with van der Waals surface area (Å²) in [5, 5.41) is 8.17. The van der Waals surface area contributed by atoms with Crippen molar-refractivity contribution in [2.24, 2.45) is 22.1 Å². The van der Waals surface area contributed by atoms with Crippen LogP contribution >= 0.6 is 0 Å². The van der Waals surface area contributed by atoms with Crippen molar-refractivity contribution in [1.29, 1.82) is 0 Å². The van der Waals surface area contributed by atoms with Gasteiger partial charge in [-0.05, 0) is 25.2 Å². The molecule has 0 aromatic carbocycles. The monoisotopic (exact) mass is 361 g/mol. The summed E-state index contributed by atoms with van der Waals surface area (Å²) in [6.07, 6.45) is 10.1. The molecule has 0 unspecified atom stereocenters. The Balaban J connectivity index is 1.43. The van der Waals surface area contributed by atoms with Gasteiger partial charge in [-0.15, -0.1) is 12.3 Å². The number of terminal acetylenes is 1. The molecule has 3 aliphatic heterocycles. The van der Waals surface area contributed by atoms with Crippen molar-refractivity contribution in [3.63, 3.8) is 0 Å². The molecule has 0 radical (unpaired) electrons. The molecule has 3 heterocycles. The Morgan fingerprint density at radius 2 is 2.00 bits per heavy atom. The lowest BCUT2D eigenvalue weighted by molar-refractivity contribution is -0.149. The van der Waals surface area contributed by atoms with Gasteiger partial charge in [-0.1, -0.05) is 0 Å². The maximum Gasteiger partial charge on any atom is 0.311 e. The van der Waals surface area contributed by atoms with Crippen molar-refractivity contribution in [2.75, 3.05) is 26.8 Å². The highest BCUT2D eigenvalue weighted by molar-refractivity contribution is 5.76. The maximum absolute atomic E-state index is 12.5. The van der Waals surface area contributed by atoms with Gasteiger partial charge in [-0.25, -0.2) is 0 Å². The minimum Gasteiger partial charge on any atom is -0.469 e. The third-order valence-corrected chi connectivity index (χ3v) is 5.79. The number of rotatable bonds is 7. The zero-order chi connectivity index (χ0) is 18.6. The van der Waals surface area contributed by atoms with Crippen molar-refractivity contribution < 1.29 is 19.1 Å². The molecule has 0 aromatic rings. The average molecular weight is 361 g/mol. The molecule has 0 spiro atoms. The van der Waals surface area contributed by atoms with Crippen LogP contribution in [0.3, 0.4) is 0 Å². The van der Waals surface area contributed by atoms with Crippen LogP contribution in [0, 0.1) is 24.2 Å². The predicted octanol–water partition coefficient (Wildman–Crippen LogP) is 2.16. The van der Waals surface area contributed by atoms with Crippen LogP contribution in [-0.2, 0) is 19.1 Å². The van der Waals surface area contributed by atoms with E-state index in [1.165, 1.54) is 7.11 Å². The van der Waals surface area contributed by atoms with Crippen molar-refractivity contribution in [3.8, 4) is 12.3 Å². The number of likely N-dealkylation sites (tertiary alicyclic amines) is 1. The Labute approximate surface area is 154 Å². The van der Waals surface area contributed by atoms with E-state index in [9.17, 15) is 9.59 Å². The molecule has 7 nitrogen and oxygen atoms in total. The molecular weight excluding hydrogens is 334 g/mol. The molecule has 1 amide bonds. The highest BCUT2D eigenvalue weighted by atomic mass is 16.5. The molecule has 26 heavy (non-hydrogen) atoms. The van der Waals surface area contributed by atoms with Gasteiger partial charge in [0, 0.05) is 45.4 Å². The van der Waals surface area contributed by atoms with E-state index in [1.807, 2.05) is 4.90 Å². The first-order valence-electron chi connectivity index (χ1n) is 9.43. The fourth-order valence-corrected chi connectivity index (χ4v) is 4.09. The molecule has 2 saturated heterocycles. The van der Waals surface area contributed by atoms with Crippen molar-refractivity contribution in [1.82, 2.24) is 4.90 Å². The van der Waals surface area contributed by atoms with Gasteiger partial charge in [-0.3, -0.25) is 9.59 Å². The number of hydrogen-bond donors (Lipinski definition) is 0. The molecule has 0 aliphatic carbocycles. The van der Waals surface area contributed by atoms with E-state index in [2.05, 4.69) is 16.1 Å². The zero-order valence-electron chi connectivity index (χ0n) is 15.4. The first kappa shape index (κ1) is 18.8. The van der Waals surface area contributed by atoms with Gasteiger partial charge in [0.1, 0.15) is 0 Å². The second kappa shape index (κ2) is 8.17. The Morgan fingerprint density at radius 3 is 2.62 bits per heavy atom. The molecule has 0 aromatic heterocycles. The Kier molecular flexibility index (Phi) is 5.92. The van der Waals surface area contributed by atoms with E-state index in [-0.39, 0.29) is 23.9 Å². The lowest BCUT2D eigenvalue weighted by Gasteiger charge is -2.35. The summed E-state index contributed by atoms with van der Waals surface area (Å²) in [5.41, 5.74) is -0.397. The van der Waals surface area contributed by atoms with Gasteiger partial charge < -0.3 is 14.4 Å². The van der Waals surface area contributed by atoms with Crippen LogP contribution < -0.4 is 0 Å². The lowest BCUT2D eigenvalue weighted by Crippen LogP contribution is -2.43. The number of hydrogen-bond acceptors (Lipinski definition) is 6. The standard InChI is InChI=1S/C19H27N3O4/c1-3-4-9-19(20-21-19)10-5-16(23)22-11-6-14(7-12-22)17-15(8-13-26-17)18(24)25-2/h1,14-15,17H,4-13H2,2H3/t15-,17+/m1/s1. The zero-order valence-corrected chi connectivity index (χ0v) is 15.4. The topological polar surface area (TPSA) is 80.6 Å². The highest BCUT2D eigenvalue weighted by Crippen LogP contribution is 2.38. The van der Waals surface area contributed by atoms with Gasteiger partial charge in [0.15, 0.2) is 5.66 Å². The molecule has 0 bridgehead atoms. The van der Waals surface area contributed by atoms with Gasteiger partial charge in [0.05, 0.1) is 19.1 Å². The minimum atomic E-state index is -0.397. The molecule has 0 N–H and O–H groups in total. The minimum absolute atomic E-state index is 0.0733. The fourth-order valence-electron chi connectivity index (χ4n) is 4.09. The Bertz CT molecular complexity index is 598. The van der Waals surface area contributed by atoms with E-state index < -0.39 is 5.66 Å². The van der Waals surface area contributed by atoms with Crippen LogP contribution in [-0.4, -0.2) is 55.3 Å². The first-order valence-corrected chi connectivity index (χ1v) is 9.43. The number of methoxy groups -OCH3 is 1. The fraction of sp³-hybridized carbons (Fsp3) is 0.789. The molecule has 142 valence electrons. The second-order valence-electron chi connectivity index (χ2n) is 7.36. The normalized spacial score (nSPS) is 27.2. The summed E-state index contributed by atoms with van der Waals surface area (Å²) < 4.78 is 10.7.